The molecule has 0 aromatic carbocycles. The van der Waals surface area contributed by atoms with Crippen LogP contribution in [0.25, 0.3) is 0 Å². The maximum absolute atomic E-state index is 12.0. The van der Waals surface area contributed by atoms with Crippen LogP contribution in [-0.2, 0) is 11.3 Å². The van der Waals surface area contributed by atoms with Gasteiger partial charge >= 0.3 is 0 Å². The van der Waals surface area contributed by atoms with E-state index in [1.54, 1.807) is 29.4 Å². The molecular formula is C13H16N4OS2. The van der Waals surface area contributed by atoms with Crippen molar-refractivity contribution in [3.05, 3.63) is 34.2 Å². The number of hydrogen-bond acceptors (Lipinski definition) is 6. The molecule has 0 fully saturated rings. The molecule has 2 rings (SSSR count). The molecule has 7 heteroatoms. The number of anilines is 1. The molecule has 0 aliphatic rings. The molecule has 106 valence electrons. The number of thioether (sulfide) groups is 1. The van der Waals surface area contributed by atoms with Crippen LogP contribution in [0.2, 0.25) is 0 Å². The van der Waals surface area contributed by atoms with Crippen LogP contribution in [0, 0.1) is 6.92 Å². The molecule has 2 aromatic heterocycles. The van der Waals surface area contributed by atoms with Crippen LogP contribution in [0.5, 0.6) is 0 Å². The van der Waals surface area contributed by atoms with E-state index in [-0.39, 0.29) is 5.91 Å². The van der Waals surface area contributed by atoms with Gasteiger partial charge in [0.1, 0.15) is 5.82 Å². The minimum absolute atomic E-state index is 0.0482. The Bertz CT molecular complexity index is 566. The van der Waals surface area contributed by atoms with Crippen molar-refractivity contribution >= 4 is 34.8 Å². The molecule has 0 aliphatic heterocycles. The molecule has 2 heterocycles. The summed E-state index contributed by atoms with van der Waals surface area (Å²) in [5, 5.41) is 2.55. The topological polar surface area (TPSA) is 72.1 Å². The third kappa shape index (κ3) is 4.21. The summed E-state index contributed by atoms with van der Waals surface area (Å²) < 4.78 is 0. The first-order chi connectivity index (χ1) is 9.54. The monoisotopic (exact) mass is 308 g/mol. The van der Waals surface area contributed by atoms with E-state index in [0.29, 0.717) is 23.3 Å². The van der Waals surface area contributed by atoms with Crippen LogP contribution in [-0.4, -0.2) is 33.6 Å². The van der Waals surface area contributed by atoms with E-state index in [9.17, 15) is 4.79 Å². The quantitative estimate of drug-likeness (QED) is 0.677. The highest BCUT2D eigenvalue weighted by Crippen LogP contribution is 2.17. The van der Waals surface area contributed by atoms with Gasteiger partial charge in [-0.15, -0.1) is 11.3 Å². The van der Waals surface area contributed by atoms with Crippen LogP contribution in [0.3, 0.4) is 0 Å². The van der Waals surface area contributed by atoms with Gasteiger partial charge in [0.25, 0.3) is 0 Å². The van der Waals surface area contributed by atoms with Gasteiger partial charge in [-0.05, 0) is 18.4 Å². The number of thiophene rings is 1. The third-order valence-electron chi connectivity index (χ3n) is 2.58. The number of carbonyl (C=O) groups is 1. The maximum atomic E-state index is 12.0. The third-order valence-corrected chi connectivity index (χ3v) is 4.27. The number of hydrogen-bond donors (Lipinski definition) is 1. The molecule has 0 bridgehead atoms. The first-order valence-corrected chi connectivity index (χ1v) is 7.91. The Balaban J connectivity index is 1.88. The van der Waals surface area contributed by atoms with Crippen LogP contribution in [0.1, 0.15) is 10.6 Å². The van der Waals surface area contributed by atoms with Crippen molar-refractivity contribution in [3.8, 4) is 0 Å². The van der Waals surface area contributed by atoms with E-state index in [4.69, 9.17) is 5.73 Å². The van der Waals surface area contributed by atoms with Gasteiger partial charge in [0.2, 0.25) is 5.91 Å². The second-order valence-corrected chi connectivity index (χ2v) is 6.31. The minimum atomic E-state index is 0.0482. The lowest BCUT2D eigenvalue weighted by Gasteiger charge is -2.15. The lowest BCUT2D eigenvalue weighted by atomic mass is 10.4. The Morgan fingerprint density at radius 1 is 1.50 bits per heavy atom. The fraction of sp³-hybridized carbons (Fsp3) is 0.308. The molecular weight excluding hydrogens is 292 g/mol. The van der Waals surface area contributed by atoms with Gasteiger partial charge in [0.15, 0.2) is 5.16 Å². The van der Waals surface area contributed by atoms with Crippen LogP contribution >= 0.6 is 23.1 Å². The molecule has 0 atom stereocenters. The smallest absolute Gasteiger partial charge is 0.233 e. The fourth-order valence-electron chi connectivity index (χ4n) is 1.59. The fourth-order valence-corrected chi connectivity index (χ4v) is 3.20. The molecule has 2 N–H and O–H groups in total. The van der Waals surface area contributed by atoms with Crippen LogP contribution in [0.4, 0.5) is 5.82 Å². The average Bonchev–Trinajstić information content (AvgIpc) is 2.87. The Morgan fingerprint density at radius 2 is 2.30 bits per heavy atom. The van der Waals surface area contributed by atoms with Crippen molar-refractivity contribution in [2.75, 3.05) is 18.5 Å². The number of amides is 1. The second kappa shape index (κ2) is 6.71. The Morgan fingerprint density at radius 3 is 2.95 bits per heavy atom. The van der Waals surface area contributed by atoms with Crippen molar-refractivity contribution in [1.29, 1.82) is 0 Å². The van der Waals surface area contributed by atoms with E-state index in [1.807, 2.05) is 24.4 Å². The van der Waals surface area contributed by atoms with Gasteiger partial charge < -0.3 is 10.6 Å². The standard InChI is InChI=1S/C13H16N4OS2/c1-9-6-11(14)16-13(15-9)20-8-12(18)17(2)7-10-4-3-5-19-10/h3-6H,7-8H2,1-2H3,(H2,14,15,16). The van der Waals surface area contributed by atoms with Gasteiger partial charge in [-0.2, -0.15) is 0 Å². The molecule has 0 aliphatic carbocycles. The number of aromatic nitrogens is 2. The Labute approximate surface area is 126 Å². The normalized spacial score (nSPS) is 10.5. The molecule has 0 radical (unpaired) electrons. The van der Waals surface area contributed by atoms with Crippen LogP contribution < -0.4 is 5.73 Å². The highest BCUT2D eigenvalue weighted by atomic mass is 32.2. The average molecular weight is 308 g/mol. The zero-order valence-electron chi connectivity index (χ0n) is 11.4. The summed E-state index contributed by atoms with van der Waals surface area (Å²) in [6.07, 6.45) is 0. The van der Waals surface area contributed by atoms with E-state index in [0.717, 1.165) is 5.69 Å². The first-order valence-electron chi connectivity index (χ1n) is 6.05. The largest absolute Gasteiger partial charge is 0.384 e. The Kier molecular flexibility index (Phi) is 4.97. The molecule has 0 unspecified atom stereocenters. The highest BCUT2D eigenvalue weighted by molar-refractivity contribution is 7.99. The highest BCUT2D eigenvalue weighted by Gasteiger charge is 2.11. The zero-order valence-corrected chi connectivity index (χ0v) is 13.0. The molecule has 0 spiro atoms. The van der Waals surface area contributed by atoms with E-state index < -0.39 is 0 Å². The summed E-state index contributed by atoms with van der Waals surface area (Å²) in [7, 11) is 1.80. The molecule has 20 heavy (non-hydrogen) atoms. The molecule has 1 amide bonds. The number of aryl methyl sites for hydroxylation is 1. The summed E-state index contributed by atoms with van der Waals surface area (Å²) in [6.45, 7) is 2.49. The van der Waals surface area contributed by atoms with Gasteiger partial charge in [-0.25, -0.2) is 9.97 Å². The van der Waals surface area contributed by atoms with Crippen LogP contribution in [0.15, 0.2) is 28.7 Å². The van der Waals surface area contributed by atoms with Crippen molar-refractivity contribution in [2.45, 2.75) is 18.6 Å². The van der Waals surface area contributed by atoms with Gasteiger partial charge in [-0.1, -0.05) is 17.8 Å². The molecule has 5 nitrogen and oxygen atoms in total. The second-order valence-electron chi connectivity index (χ2n) is 4.33. The SMILES string of the molecule is Cc1cc(N)nc(SCC(=O)N(C)Cc2cccs2)n1. The number of nitrogens with two attached hydrogens (primary N) is 1. The summed E-state index contributed by atoms with van der Waals surface area (Å²) in [5.41, 5.74) is 6.46. The van der Waals surface area contributed by atoms with Gasteiger partial charge in [-0.3, -0.25) is 4.79 Å². The zero-order chi connectivity index (χ0) is 14.5. The number of nitrogens with zero attached hydrogens (tertiary/aromatic N) is 3. The summed E-state index contributed by atoms with van der Waals surface area (Å²) in [6, 6.07) is 5.71. The van der Waals surface area contributed by atoms with Crippen molar-refractivity contribution in [2.24, 2.45) is 0 Å². The molecule has 0 saturated carbocycles. The van der Waals surface area contributed by atoms with E-state index in [1.165, 1.54) is 16.6 Å². The van der Waals surface area contributed by atoms with Crippen molar-refractivity contribution in [1.82, 2.24) is 14.9 Å². The maximum Gasteiger partial charge on any atom is 0.233 e. The van der Waals surface area contributed by atoms with Crippen molar-refractivity contribution in [3.63, 3.8) is 0 Å². The van der Waals surface area contributed by atoms with Crippen molar-refractivity contribution < 1.29 is 4.79 Å². The molecule has 2 aromatic rings. The number of nitrogen functional groups attached to an aromatic ring is 1. The molecule has 0 saturated heterocycles. The summed E-state index contributed by atoms with van der Waals surface area (Å²) in [4.78, 5) is 23.3. The van der Waals surface area contributed by atoms with E-state index in [2.05, 4.69) is 9.97 Å². The lowest BCUT2D eigenvalue weighted by Crippen LogP contribution is -2.27. The van der Waals surface area contributed by atoms with Gasteiger partial charge in [0.05, 0.1) is 12.3 Å². The first kappa shape index (κ1) is 14.8. The number of rotatable bonds is 5. The number of carbonyl (C=O) groups excluding carboxylic acids is 1. The summed E-state index contributed by atoms with van der Waals surface area (Å²) >= 11 is 2.95. The lowest BCUT2D eigenvalue weighted by molar-refractivity contribution is -0.127. The predicted molar refractivity (Wildman–Crippen MR) is 82.7 cm³/mol. The van der Waals surface area contributed by atoms with Gasteiger partial charge in [0, 0.05) is 23.7 Å². The predicted octanol–water partition coefficient (Wildman–Crippen LogP) is 2.18. The Hall–Kier alpha value is -1.60. The summed E-state index contributed by atoms with van der Waals surface area (Å²) in [5.74, 6) is 0.788. The minimum Gasteiger partial charge on any atom is -0.384 e. The van der Waals surface area contributed by atoms with E-state index >= 15 is 0 Å².